The van der Waals surface area contributed by atoms with Gasteiger partial charge in [-0.2, -0.15) is 0 Å². The van der Waals surface area contributed by atoms with Gasteiger partial charge in [0.05, 0.1) is 13.2 Å². The fourth-order valence-corrected chi connectivity index (χ4v) is 2.50. The lowest BCUT2D eigenvalue weighted by molar-refractivity contribution is -0.131. The van der Waals surface area contributed by atoms with Gasteiger partial charge in [-0.25, -0.2) is 0 Å². The van der Waals surface area contributed by atoms with Crippen molar-refractivity contribution in [2.24, 2.45) is 5.73 Å². The van der Waals surface area contributed by atoms with Crippen molar-refractivity contribution in [2.75, 3.05) is 13.2 Å². The van der Waals surface area contributed by atoms with Gasteiger partial charge in [0.2, 0.25) is 11.8 Å². The van der Waals surface area contributed by atoms with Crippen LogP contribution >= 0.6 is 0 Å². The summed E-state index contributed by atoms with van der Waals surface area (Å²) < 4.78 is 0. The second-order valence-electron chi connectivity index (χ2n) is 5.85. The molecule has 0 aliphatic heterocycles. The van der Waals surface area contributed by atoms with E-state index in [9.17, 15) is 14.4 Å². The number of nitrogens with two attached hydrogens (primary N) is 1. The Morgan fingerprint density at radius 3 is 2.54 bits per heavy atom. The third kappa shape index (κ3) is 4.66. The summed E-state index contributed by atoms with van der Waals surface area (Å²) in [6, 6.07) is 4.19. The summed E-state index contributed by atoms with van der Waals surface area (Å²) in [7, 11) is 0. The van der Waals surface area contributed by atoms with Crippen LogP contribution in [-0.2, 0) is 20.8 Å². The number of hydrogen-bond acceptors (Lipinski definition) is 6. The van der Waals surface area contributed by atoms with E-state index in [1.807, 2.05) is 24.3 Å². The number of aliphatic hydroxyl groups excluding tert-OH is 2. The molecule has 0 saturated carbocycles. The molecule has 1 aromatic carbocycles. The maximum Gasteiger partial charge on any atom is 0.243 e. The molecule has 0 spiro atoms. The van der Waals surface area contributed by atoms with Crippen molar-refractivity contribution < 1.29 is 24.6 Å². The summed E-state index contributed by atoms with van der Waals surface area (Å²) in [4.78, 5) is 38.4. The van der Waals surface area contributed by atoms with Gasteiger partial charge in [-0.05, 0) is 11.6 Å². The number of hydrogen-bond donors (Lipinski definition) is 6. The molecule has 0 aliphatic carbocycles. The zero-order valence-electron chi connectivity index (χ0n) is 14.0. The third-order valence-electron chi connectivity index (χ3n) is 3.95. The first kappa shape index (κ1) is 19.6. The van der Waals surface area contributed by atoms with Crippen molar-refractivity contribution in [3.05, 3.63) is 36.0 Å². The predicted octanol–water partition coefficient (Wildman–Crippen LogP) is -1.81. The van der Waals surface area contributed by atoms with Crippen LogP contribution in [0.2, 0.25) is 0 Å². The maximum absolute atomic E-state index is 12.5. The molecule has 2 aromatic rings. The second kappa shape index (κ2) is 9.09. The highest BCUT2D eigenvalue weighted by molar-refractivity contribution is 5.92. The van der Waals surface area contributed by atoms with Crippen LogP contribution in [-0.4, -0.2) is 64.6 Å². The molecule has 7 N–H and O–H groups in total. The van der Waals surface area contributed by atoms with Gasteiger partial charge >= 0.3 is 0 Å². The number of aromatic nitrogens is 1. The molecule has 3 atom stereocenters. The number of aromatic amines is 1. The lowest BCUT2D eigenvalue weighted by Crippen LogP contribution is -2.55. The van der Waals surface area contributed by atoms with Gasteiger partial charge in [0.15, 0.2) is 0 Å². The Morgan fingerprint density at radius 1 is 1.15 bits per heavy atom. The highest BCUT2D eigenvalue weighted by Crippen LogP contribution is 2.19. The van der Waals surface area contributed by atoms with Crippen LogP contribution in [0.5, 0.6) is 0 Å². The van der Waals surface area contributed by atoms with Gasteiger partial charge in [-0.1, -0.05) is 18.2 Å². The molecule has 2 rings (SSSR count). The number of nitrogens with one attached hydrogen (secondary N) is 3. The highest BCUT2D eigenvalue weighted by atomic mass is 16.3. The summed E-state index contributed by atoms with van der Waals surface area (Å²) in [5.41, 5.74) is 7.15. The first-order valence-electron chi connectivity index (χ1n) is 8.08. The molecular formula is C17H22N4O5. The van der Waals surface area contributed by atoms with Crippen molar-refractivity contribution in [2.45, 2.75) is 24.5 Å². The van der Waals surface area contributed by atoms with Crippen molar-refractivity contribution in [3.63, 3.8) is 0 Å². The number of carbonyl (C=O) groups is 3. The van der Waals surface area contributed by atoms with Crippen LogP contribution in [0.4, 0.5) is 0 Å². The minimum atomic E-state index is -1.17. The standard InChI is InChI=1S/C17H22N4O5/c18-13(9-24)16(25)21-15(17(26)20-11(7-22)8-23)5-10-6-19-14-4-2-1-3-12(10)14/h1-4,6-7,11,13,15,19,23-24H,5,8-9,18H2,(H,20,26)(H,21,25)/t11-,13+,15+/m1/s1. The van der Waals surface area contributed by atoms with E-state index < -0.39 is 43.2 Å². The van der Waals surface area contributed by atoms with Crippen LogP contribution in [0.1, 0.15) is 5.56 Å². The molecule has 2 amide bonds. The van der Waals surface area contributed by atoms with Crippen molar-refractivity contribution >= 4 is 29.0 Å². The molecule has 1 heterocycles. The zero-order chi connectivity index (χ0) is 19.1. The molecule has 0 aliphatic rings. The van der Waals surface area contributed by atoms with Crippen LogP contribution < -0.4 is 16.4 Å². The van der Waals surface area contributed by atoms with E-state index in [1.165, 1.54) is 0 Å². The Kier molecular flexibility index (Phi) is 6.84. The first-order chi connectivity index (χ1) is 12.5. The van der Waals surface area contributed by atoms with Gasteiger partial charge in [0, 0.05) is 23.5 Å². The van der Waals surface area contributed by atoms with E-state index in [2.05, 4.69) is 15.6 Å². The fraction of sp³-hybridized carbons (Fsp3) is 0.353. The topological polar surface area (TPSA) is 158 Å². The average Bonchev–Trinajstić information content (AvgIpc) is 3.07. The predicted molar refractivity (Wildman–Crippen MR) is 94.1 cm³/mol. The molecule has 0 radical (unpaired) electrons. The van der Waals surface area contributed by atoms with Crippen molar-refractivity contribution in [1.82, 2.24) is 15.6 Å². The Balaban J connectivity index is 2.22. The van der Waals surface area contributed by atoms with E-state index in [-0.39, 0.29) is 6.42 Å². The Labute approximate surface area is 149 Å². The smallest absolute Gasteiger partial charge is 0.243 e. The summed E-state index contributed by atoms with van der Waals surface area (Å²) in [5.74, 6) is -1.33. The molecule has 0 unspecified atom stereocenters. The summed E-state index contributed by atoms with van der Waals surface area (Å²) in [5, 5.41) is 23.8. The van der Waals surface area contributed by atoms with E-state index in [4.69, 9.17) is 15.9 Å². The molecule has 9 heteroatoms. The van der Waals surface area contributed by atoms with E-state index in [1.54, 1.807) is 6.20 Å². The lowest BCUT2D eigenvalue weighted by atomic mass is 10.0. The average molecular weight is 362 g/mol. The molecule has 0 bridgehead atoms. The van der Waals surface area contributed by atoms with Crippen LogP contribution in [0.25, 0.3) is 10.9 Å². The van der Waals surface area contributed by atoms with E-state index in [0.717, 1.165) is 16.5 Å². The van der Waals surface area contributed by atoms with Crippen molar-refractivity contribution in [3.8, 4) is 0 Å². The SMILES string of the molecule is N[C@@H](CO)C(=O)N[C@@H](Cc1c[nH]c2ccccc12)C(=O)N[C@H](C=O)CO. The largest absolute Gasteiger partial charge is 0.394 e. The van der Waals surface area contributed by atoms with Crippen LogP contribution in [0.3, 0.4) is 0 Å². The molecule has 26 heavy (non-hydrogen) atoms. The van der Waals surface area contributed by atoms with Crippen LogP contribution in [0.15, 0.2) is 30.5 Å². The van der Waals surface area contributed by atoms with Gasteiger partial charge in [-0.15, -0.1) is 0 Å². The molecule has 0 fully saturated rings. The quantitative estimate of drug-likeness (QED) is 0.289. The number of aldehydes is 1. The number of para-hydroxylation sites is 1. The van der Waals surface area contributed by atoms with Crippen molar-refractivity contribution in [1.29, 1.82) is 0 Å². The Hall–Kier alpha value is -2.75. The lowest BCUT2D eigenvalue weighted by Gasteiger charge is -2.21. The first-order valence-corrected chi connectivity index (χ1v) is 8.08. The highest BCUT2D eigenvalue weighted by Gasteiger charge is 2.26. The summed E-state index contributed by atoms with van der Waals surface area (Å²) >= 11 is 0. The minimum Gasteiger partial charge on any atom is -0.394 e. The summed E-state index contributed by atoms with van der Waals surface area (Å²) in [6.07, 6.45) is 2.27. The number of rotatable bonds is 9. The third-order valence-corrected chi connectivity index (χ3v) is 3.95. The number of amides is 2. The normalized spacial score (nSPS) is 14.4. The number of H-pyrrole nitrogens is 1. The van der Waals surface area contributed by atoms with E-state index >= 15 is 0 Å². The minimum absolute atomic E-state index is 0.136. The number of benzene rings is 1. The van der Waals surface area contributed by atoms with Gasteiger partial charge in [0.1, 0.15) is 24.4 Å². The number of fused-ring (bicyclic) bond motifs is 1. The molecule has 140 valence electrons. The monoisotopic (exact) mass is 362 g/mol. The molecule has 0 saturated heterocycles. The van der Waals surface area contributed by atoms with Gasteiger partial charge < -0.3 is 36.4 Å². The van der Waals surface area contributed by atoms with E-state index in [0.29, 0.717) is 6.29 Å². The Bertz CT molecular complexity index is 775. The zero-order valence-corrected chi connectivity index (χ0v) is 14.0. The second-order valence-corrected chi connectivity index (χ2v) is 5.85. The number of carbonyl (C=O) groups excluding carboxylic acids is 3. The van der Waals surface area contributed by atoms with Gasteiger partial charge in [-0.3, -0.25) is 9.59 Å². The molecule has 1 aromatic heterocycles. The van der Waals surface area contributed by atoms with Crippen LogP contribution in [0, 0.1) is 0 Å². The molecule has 9 nitrogen and oxygen atoms in total. The maximum atomic E-state index is 12.5. The molecular weight excluding hydrogens is 340 g/mol. The van der Waals surface area contributed by atoms with Gasteiger partial charge in [0.25, 0.3) is 0 Å². The summed E-state index contributed by atoms with van der Waals surface area (Å²) in [6.45, 7) is -1.12. The Morgan fingerprint density at radius 2 is 1.88 bits per heavy atom. The fourth-order valence-electron chi connectivity index (χ4n) is 2.50. The number of aliphatic hydroxyl groups is 2.